The Morgan fingerprint density at radius 3 is 2.87 bits per heavy atom. The molecule has 1 aliphatic heterocycles. The summed E-state index contributed by atoms with van der Waals surface area (Å²) in [5.41, 5.74) is 0.569. The summed E-state index contributed by atoms with van der Waals surface area (Å²) in [5.74, 6) is -0.482. The van der Waals surface area contributed by atoms with E-state index in [1.165, 1.54) is 17.2 Å². The van der Waals surface area contributed by atoms with Gasteiger partial charge in [-0.3, -0.25) is 14.6 Å². The monoisotopic (exact) mass is 333 g/mol. The molecule has 7 heteroatoms. The van der Waals surface area contributed by atoms with Gasteiger partial charge >= 0.3 is 0 Å². The van der Waals surface area contributed by atoms with Crippen LogP contribution < -0.4 is 5.56 Å². The molecule has 1 fully saturated rings. The van der Waals surface area contributed by atoms with Crippen LogP contribution in [0.3, 0.4) is 0 Å². The second-order valence-electron chi connectivity index (χ2n) is 5.66. The van der Waals surface area contributed by atoms with Gasteiger partial charge in [0.05, 0.1) is 11.1 Å². The van der Waals surface area contributed by atoms with Crippen molar-refractivity contribution in [1.82, 2.24) is 14.9 Å². The van der Waals surface area contributed by atoms with Gasteiger partial charge in [0, 0.05) is 37.6 Å². The molecule has 2 aromatic rings. The van der Waals surface area contributed by atoms with Crippen LogP contribution in [0.5, 0.6) is 0 Å². The molecule has 3 rings (SSSR count). The summed E-state index contributed by atoms with van der Waals surface area (Å²) in [7, 11) is 0. The zero-order valence-corrected chi connectivity index (χ0v) is 13.0. The van der Waals surface area contributed by atoms with E-state index in [9.17, 15) is 14.7 Å². The molecular weight excluding hydrogens is 318 g/mol. The molecule has 6 nitrogen and oxygen atoms in total. The average Bonchev–Trinajstić information content (AvgIpc) is 2.91. The maximum atomic E-state index is 12.5. The van der Waals surface area contributed by atoms with E-state index in [1.807, 2.05) is 12.1 Å². The van der Waals surface area contributed by atoms with E-state index in [0.29, 0.717) is 18.0 Å². The van der Waals surface area contributed by atoms with Crippen LogP contribution in [0.1, 0.15) is 15.9 Å². The number of pyridine rings is 2. The molecule has 2 atom stereocenters. The number of nitrogens with zero attached hydrogens (tertiary/aromatic N) is 2. The van der Waals surface area contributed by atoms with E-state index in [2.05, 4.69) is 9.97 Å². The Morgan fingerprint density at radius 2 is 2.13 bits per heavy atom. The first-order chi connectivity index (χ1) is 11.0. The molecule has 0 spiro atoms. The predicted molar refractivity (Wildman–Crippen MR) is 85.4 cm³/mol. The molecule has 1 saturated heterocycles. The van der Waals surface area contributed by atoms with Gasteiger partial charge in [0.25, 0.3) is 11.5 Å². The van der Waals surface area contributed by atoms with Gasteiger partial charge in [0.1, 0.15) is 5.56 Å². The smallest absolute Gasteiger partial charge is 0.260 e. The molecule has 1 amide bonds. The SMILES string of the molecule is O=C(c1cc(Cl)c[nH]c1=O)N1C[C@@H](Cc2ccncc2)[C@@H](O)C1. The number of aromatic amines is 1. The lowest BCUT2D eigenvalue weighted by atomic mass is 9.97. The van der Waals surface area contributed by atoms with E-state index in [-0.39, 0.29) is 18.0 Å². The third-order valence-corrected chi connectivity index (χ3v) is 4.26. The van der Waals surface area contributed by atoms with Gasteiger partial charge in [-0.15, -0.1) is 0 Å². The highest BCUT2D eigenvalue weighted by molar-refractivity contribution is 6.30. The normalized spacial score (nSPS) is 20.7. The molecule has 120 valence electrons. The lowest BCUT2D eigenvalue weighted by Crippen LogP contribution is -2.33. The molecule has 0 aromatic carbocycles. The van der Waals surface area contributed by atoms with Crippen molar-refractivity contribution in [3.8, 4) is 0 Å². The molecule has 1 aliphatic rings. The highest BCUT2D eigenvalue weighted by atomic mass is 35.5. The Balaban J connectivity index is 1.74. The van der Waals surface area contributed by atoms with Crippen molar-refractivity contribution < 1.29 is 9.90 Å². The number of amides is 1. The summed E-state index contributed by atoms with van der Waals surface area (Å²) in [5, 5.41) is 10.5. The molecule has 0 radical (unpaired) electrons. The van der Waals surface area contributed by atoms with E-state index in [1.54, 1.807) is 12.4 Å². The fraction of sp³-hybridized carbons (Fsp3) is 0.312. The first-order valence-corrected chi connectivity index (χ1v) is 7.67. The van der Waals surface area contributed by atoms with Gasteiger partial charge < -0.3 is 15.0 Å². The van der Waals surface area contributed by atoms with E-state index in [4.69, 9.17) is 11.6 Å². The number of likely N-dealkylation sites (tertiary alicyclic amines) is 1. The third-order valence-electron chi connectivity index (χ3n) is 4.04. The van der Waals surface area contributed by atoms with E-state index < -0.39 is 17.6 Å². The van der Waals surface area contributed by atoms with Crippen molar-refractivity contribution in [3.63, 3.8) is 0 Å². The summed E-state index contributed by atoms with van der Waals surface area (Å²) in [4.78, 5) is 32.2. The number of aliphatic hydroxyl groups excluding tert-OH is 1. The van der Waals surface area contributed by atoms with Crippen LogP contribution >= 0.6 is 11.6 Å². The number of rotatable bonds is 3. The Bertz CT molecular complexity index is 763. The van der Waals surface area contributed by atoms with Gasteiger partial charge in [-0.1, -0.05) is 11.6 Å². The fourth-order valence-corrected chi connectivity index (χ4v) is 2.99. The van der Waals surface area contributed by atoms with Crippen LogP contribution in [0.2, 0.25) is 5.02 Å². The third kappa shape index (κ3) is 3.43. The lowest BCUT2D eigenvalue weighted by molar-refractivity contribution is 0.0763. The number of hydrogen-bond acceptors (Lipinski definition) is 4. The second kappa shape index (κ2) is 6.52. The quantitative estimate of drug-likeness (QED) is 0.880. The van der Waals surface area contributed by atoms with Crippen LogP contribution in [0.25, 0.3) is 0 Å². The zero-order valence-electron chi connectivity index (χ0n) is 12.3. The maximum Gasteiger partial charge on any atom is 0.260 e. The summed E-state index contributed by atoms with van der Waals surface area (Å²) >= 11 is 5.84. The highest BCUT2D eigenvalue weighted by Crippen LogP contribution is 2.22. The van der Waals surface area contributed by atoms with Crippen molar-refractivity contribution in [2.24, 2.45) is 5.92 Å². The molecule has 2 aromatic heterocycles. The first kappa shape index (κ1) is 15.7. The number of aliphatic hydroxyl groups is 1. The van der Waals surface area contributed by atoms with Crippen molar-refractivity contribution in [1.29, 1.82) is 0 Å². The number of β-amino-alcohol motifs (C(OH)–C–C–N with tert-alkyl or cyclic N) is 1. The topological polar surface area (TPSA) is 86.3 Å². The number of hydrogen-bond donors (Lipinski definition) is 2. The zero-order chi connectivity index (χ0) is 16.4. The first-order valence-electron chi connectivity index (χ1n) is 7.29. The second-order valence-corrected chi connectivity index (χ2v) is 6.09. The van der Waals surface area contributed by atoms with Gasteiger partial charge in [-0.2, -0.15) is 0 Å². The fourth-order valence-electron chi connectivity index (χ4n) is 2.83. The van der Waals surface area contributed by atoms with Crippen molar-refractivity contribution in [3.05, 3.63) is 63.3 Å². The van der Waals surface area contributed by atoms with Crippen molar-refractivity contribution in [2.45, 2.75) is 12.5 Å². The standard InChI is InChI=1S/C16H16ClN3O3/c17-12-6-13(15(22)19-7-12)16(23)20-8-11(14(21)9-20)5-10-1-3-18-4-2-10/h1-4,6-7,11,14,21H,5,8-9H2,(H,19,22)/t11-,14+/m1/s1. The average molecular weight is 334 g/mol. The highest BCUT2D eigenvalue weighted by Gasteiger charge is 2.35. The van der Waals surface area contributed by atoms with Gasteiger partial charge in [0.2, 0.25) is 0 Å². The molecule has 23 heavy (non-hydrogen) atoms. The number of halogens is 1. The largest absolute Gasteiger partial charge is 0.391 e. The number of carbonyl (C=O) groups is 1. The number of carbonyl (C=O) groups excluding carboxylic acids is 1. The van der Waals surface area contributed by atoms with Crippen LogP contribution in [-0.4, -0.2) is 45.1 Å². The number of aromatic nitrogens is 2. The lowest BCUT2D eigenvalue weighted by Gasteiger charge is -2.16. The minimum atomic E-state index is -0.620. The van der Waals surface area contributed by atoms with Crippen LogP contribution in [0.15, 0.2) is 41.6 Å². The number of H-pyrrole nitrogens is 1. The van der Waals surface area contributed by atoms with Crippen LogP contribution in [-0.2, 0) is 6.42 Å². The summed E-state index contributed by atoms with van der Waals surface area (Å²) < 4.78 is 0. The van der Waals surface area contributed by atoms with Crippen LogP contribution in [0, 0.1) is 5.92 Å². The predicted octanol–water partition coefficient (Wildman–Crippen LogP) is 1.10. The van der Waals surface area contributed by atoms with Crippen LogP contribution in [0.4, 0.5) is 0 Å². The van der Waals surface area contributed by atoms with Crippen molar-refractivity contribution >= 4 is 17.5 Å². The van der Waals surface area contributed by atoms with E-state index in [0.717, 1.165) is 5.56 Å². The van der Waals surface area contributed by atoms with Gasteiger partial charge in [-0.05, 0) is 30.2 Å². The molecule has 0 aliphatic carbocycles. The van der Waals surface area contributed by atoms with Crippen molar-refractivity contribution in [2.75, 3.05) is 13.1 Å². The molecule has 3 heterocycles. The Kier molecular flexibility index (Phi) is 4.45. The molecule has 0 bridgehead atoms. The van der Waals surface area contributed by atoms with Gasteiger partial charge in [-0.25, -0.2) is 0 Å². The maximum absolute atomic E-state index is 12.5. The minimum Gasteiger partial charge on any atom is -0.391 e. The molecule has 0 saturated carbocycles. The summed E-state index contributed by atoms with van der Waals surface area (Å²) in [6.07, 6.45) is 4.77. The summed E-state index contributed by atoms with van der Waals surface area (Å²) in [6, 6.07) is 5.13. The Labute approximate surface area is 137 Å². The molecule has 0 unspecified atom stereocenters. The molecule has 2 N–H and O–H groups in total. The van der Waals surface area contributed by atoms with Gasteiger partial charge in [0.15, 0.2) is 0 Å². The Hall–Kier alpha value is -2.18. The van der Waals surface area contributed by atoms with E-state index >= 15 is 0 Å². The summed E-state index contributed by atoms with van der Waals surface area (Å²) in [6.45, 7) is 0.606. The Morgan fingerprint density at radius 1 is 1.39 bits per heavy atom. The minimum absolute atomic E-state index is 0.00531. The molecular formula is C16H16ClN3O3. The number of nitrogens with one attached hydrogen (secondary N) is 1.